The van der Waals surface area contributed by atoms with Gasteiger partial charge >= 0.3 is 0 Å². The van der Waals surface area contributed by atoms with E-state index in [-0.39, 0.29) is 23.1 Å². The van der Waals surface area contributed by atoms with Crippen molar-refractivity contribution < 1.29 is 23.7 Å². The van der Waals surface area contributed by atoms with E-state index in [0.29, 0.717) is 42.1 Å². The van der Waals surface area contributed by atoms with Crippen molar-refractivity contribution in [2.75, 3.05) is 28.4 Å². The van der Waals surface area contributed by atoms with Crippen LogP contribution in [0, 0.1) is 0 Å². The molecule has 2 aromatic carbocycles. The normalized spacial score (nSPS) is 14.3. The van der Waals surface area contributed by atoms with E-state index in [1.807, 2.05) is 12.1 Å². The van der Waals surface area contributed by atoms with Crippen molar-refractivity contribution in [1.82, 2.24) is 5.32 Å². The maximum Gasteiger partial charge on any atom is 0.223 e. The van der Waals surface area contributed by atoms with Gasteiger partial charge in [0.05, 0.1) is 34.5 Å². The minimum absolute atomic E-state index is 0.159. The molecule has 7 heteroatoms. The Morgan fingerprint density at radius 1 is 1.06 bits per heavy atom. The number of fused-ring (bicyclic) bond motifs is 3. The Bertz CT molecular complexity index is 1110. The molecule has 0 saturated carbocycles. The molecule has 2 aromatic rings. The lowest BCUT2D eigenvalue weighted by molar-refractivity contribution is -0.119. The molecule has 1 aliphatic carbocycles. The van der Waals surface area contributed by atoms with E-state index < -0.39 is 0 Å². The molecular weight excluding hydrogens is 410 g/mol. The van der Waals surface area contributed by atoms with Crippen LogP contribution in [0.5, 0.6) is 23.0 Å². The second-order valence-electron chi connectivity index (χ2n) is 7.54. The fraction of sp³-hybridized carbons (Fsp3) is 0.360. The van der Waals surface area contributed by atoms with Crippen LogP contribution in [0.1, 0.15) is 36.1 Å². The van der Waals surface area contributed by atoms with Crippen molar-refractivity contribution in [2.24, 2.45) is 0 Å². The average Bonchev–Trinajstić information content (AvgIpc) is 3.00. The van der Waals surface area contributed by atoms with Crippen molar-refractivity contribution in [2.45, 2.75) is 32.2 Å². The quantitative estimate of drug-likeness (QED) is 0.664. The summed E-state index contributed by atoms with van der Waals surface area (Å²) in [5.41, 5.74) is 3.62. The highest BCUT2D eigenvalue weighted by molar-refractivity contribution is 5.84. The highest BCUT2D eigenvalue weighted by atomic mass is 16.5. The number of carbonyl (C=O) groups excluding carboxylic acids is 1. The molecule has 1 atom stereocenters. The van der Waals surface area contributed by atoms with Crippen molar-refractivity contribution in [3.63, 3.8) is 0 Å². The summed E-state index contributed by atoms with van der Waals surface area (Å²) in [4.78, 5) is 25.1. The predicted octanol–water partition coefficient (Wildman–Crippen LogP) is 3.60. The number of amides is 1. The minimum atomic E-state index is -0.325. The Morgan fingerprint density at radius 3 is 2.31 bits per heavy atom. The first kappa shape index (κ1) is 23.2. The highest BCUT2D eigenvalue weighted by Crippen LogP contribution is 2.50. The molecule has 7 nitrogen and oxygen atoms in total. The lowest BCUT2D eigenvalue weighted by Crippen LogP contribution is -2.26. The number of hydrogen-bond acceptors (Lipinski definition) is 6. The van der Waals surface area contributed by atoms with Crippen LogP contribution in [0.4, 0.5) is 0 Å². The highest BCUT2D eigenvalue weighted by Gasteiger charge is 2.30. The molecule has 0 bridgehead atoms. The zero-order chi connectivity index (χ0) is 23.4. The molecule has 32 heavy (non-hydrogen) atoms. The molecule has 0 fully saturated rings. The molecule has 0 aliphatic heterocycles. The summed E-state index contributed by atoms with van der Waals surface area (Å²) in [5, 5.41) is 3.02. The molecule has 0 unspecified atom stereocenters. The van der Waals surface area contributed by atoms with E-state index in [9.17, 15) is 9.59 Å². The van der Waals surface area contributed by atoms with Gasteiger partial charge in [0.25, 0.3) is 0 Å². The molecule has 170 valence electrons. The Labute approximate surface area is 188 Å². The molecule has 1 N–H and O–H groups in total. The smallest absolute Gasteiger partial charge is 0.223 e. The maximum absolute atomic E-state index is 13.1. The lowest BCUT2D eigenvalue weighted by Gasteiger charge is -2.20. The Morgan fingerprint density at radius 2 is 1.75 bits per heavy atom. The molecule has 1 aliphatic rings. The van der Waals surface area contributed by atoms with Gasteiger partial charge in [0.2, 0.25) is 17.1 Å². The average molecular weight is 440 g/mol. The van der Waals surface area contributed by atoms with Gasteiger partial charge in [-0.3, -0.25) is 9.59 Å². The number of nitrogens with one attached hydrogen (secondary N) is 1. The fourth-order valence-corrected chi connectivity index (χ4v) is 4.28. The first-order valence-electron chi connectivity index (χ1n) is 10.3. The molecule has 0 aromatic heterocycles. The van der Waals surface area contributed by atoms with E-state index in [4.69, 9.17) is 18.9 Å². The summed E-state index contributed by atoms with van der Waals surface area (Å²) in [6, 6.07) is 5.16. The summed E-state index contributed by atoms with van der Waals surface area (Å²) >= 11 is 0. The lowest BCUT2D eigenvalue weighted by atomic mass is 9.94. The number of rotatable bonds is 7. The third kappa shape index (κ3) is 4.15. The first-order chi connectivity index (χ1) is 15.4. The van der Waals surface area contributed by atoms with Gasteiger partial charge in [-0.2, -0.15) is 0 Å². The topological polar surface area (TPSA) is 83.1 Å². The largest absolute Gasteiger partial charge is 0.493 e. The van der Waals surface area contributed by atoms with Gasteiger partial charge in [-0.25, -0.2) is 0 Å². The summed E-state index contributed by atoms with van der Waals surface area (Å²) in [6.07, 6.45) is 3.32. The second-order valence-corrected chi connectivity index (χ2v) is 7.54. The van der Waals surface area contributed by atoms with Gasteiger partial charge in [0.1, 0.15) is 0 Å². The maximum atomic E-state index is 13.1. The number of hydrogen-bond donors (Lipinski definition) is 1. The van der Waals surface area contributed by atoms with Crippen LogP contribution in [-0.4, -0.2) is 34.3 Å². The number of methoxy groups -OCH3 is 4. The Balaban J connectivity index is 2.51. The van der Waals surface area contributed by atoms with Crippen LogP contribution in [0.3, 0.4) is 0 Å². The molecule has 0 radical (unpaired) electrons. The molecule has 3 rings (SSSR count). The predicted molar refractivity (Wildman–Crippen MR) is 123 cm³/mol. The van der Waals surface area contributed by atoms with Gasteiger partial charge in [0, 0.05) is 18.1 Å². The number of allylic oxidation sites excluding steroid dienone is 1. The van der Waals surface area contributed by atoms with Crippen LogP contribution in [0.2, 0.25) is 0 Å². The standard InChI is InChI=1S/C25H29NO6/c1-7-8-16-11-18-17(13-20(29-3)23(16)28)19(26-14(2)27)10-9-15-12-21(30-4)24(31-5)25(32-6)22(15)18/h7,11-13,19H,1,8-10H2,2-6H3,(H,26,27)/t19-/m1/s1. The van der Waals surface area contributed by atoms with Crippen LogP contribution in [0.25, 0.3) is 11.1 Å². The number of aryl methyl sites for hydroxylation is 1. The van der Waals surface area contributed by atoms with Gasteiger partial charge in [0.15, 0.2) is 17.2 Å². The van der Waals surface area contributed by atoms with Gasteiger partial charge in [-0.15, -0.1) is 6.58 Å². The van der Waals surface area contributed by atoms with Crippen molar-refractivity contribution in [1.29, 1.82) is 0 Å². The molecule has 0 spiro atoms. The van der Waals surface area contributed by atoms with Crippen LogP contribution in [-0.2, 0) is 17.6 Å². The number of carbonyl (C=O) groups is 1. The number of ether oxygens (including phenoxy) is 4. The summed E-state index contributed by atoms with van der Waals surface area (Å²) in [6.45, 7) is 5.27. The third-order valence-corrected chi connectivity index (χ3v) is 5.65. The van der Waals surface area contributed by atoms with Gasteiger partial charge < -0.3 is 24.3 Å². The molecular formula is C25H29NO6. The number of benzene rings is 1. The molecule has 0 heterocycles. The molecule has 0 saturated heterocycles. The van der Waals surface area contributed by atoms with E-state index in [1.54, 1.807) is 33.5 Å². The van der Waals surface area contributed by atoms with Gasteiger partial charge in [-0.1, -0.05) is 6.08 Å². The Hall–Kier alpha value is -3.48. The van der Waals surface area contributed by atoms with E-state index in [1.165, 1.54) is 14.0 Å². The SMILES string of the molecule is C=CCc1cc2c(cc(OC)c1=O)[C@H](NC(C)=O)CCc1cc(OC)c(OC)c(OC)c1-2. The summed E-state index contributed by atoms with van der Waals surface area (Å²) in [5.74, 6) is 1.57. The van der Waals surface area contributed by atoms with Crippen LogP contribution in [0.15, 0.2) is 35.6 Å². The van der Waals surface area contributed by atoms with E-state index in [2.05, 4.69) is 11.9 Å². The van der Waals surface area contributed by atoms with Crippen LogP contribution >= 0.6 is 0 Å². The third-order valence-electron chi connectivity index (χ3n) is 5.65. The van der Waals surface area contributed by atoms with Crippen molar-refractivity contribution >= 4 is 5.91 Å². The van der Waals surface area contributed by atoms with E-state index in [0.717, 1.165) is 22.3 Å². The van der Waals surface area contributed by atoms with Gasteiger partial charge in [-0.05, 0) is 54.2 Å². The van der Waals surface area contributed by atoms with Crippen molar-refractivity contribution in [3.05, 3.63) is 57.8 Å². The summed E-state index contributed by atoms with van der Waals surface area (Å²) in [7, 11) is 6.16. The Kier molecular flexibility index (Phi) is 7.08. The zero-order valence-corrected chi connectivity index (χ0v) is 19.2. The second kappa shape index (κ2) is 9.77. The molecule has 1 amide bonds. The minimum Gasteiger partial charge on any atom is -0.493 e. The first-order valence-corrected chi connectivity index (χ1v) is 10.3. The van der Waals surface area contributed by atoms with Crippen molar-refractivity contribution in [3.8, 4) is 34.1 Å². The monoisotopic (exact) mass is 439 g/mol. The zero-order valence-electron chi connectivity index (χ0n) is 19.2. The van der Waals surface area contributed by atoms with E-state index >= 15 is 0 Å². The summed E-state index contributed by atoms with van der Waals surface area (Å²) < 4.78 is 22.4. The van der Waals surface area contributed by atoms with Crippen LogP contribution < -0.4 is 29.7 Å². The fourth-order valence-electron chi connectivity index (χ4n) is 4.28.